The highest BCUT2D eigenvalue weighted by molar-refractivity contribution is 6.30. The lowest BCUT2D eigenvalue weighted by molar-refractivity contribution is -0.125. The SMILES string of the molecule is Cn1cc([C@H]2CNC[C@@H]2C(=O)NCC2(c3ccc(Cl)cc3)CCC2)cn1. The number of carbonyl (C=O) groups is 1. The molecule has 26 heavy (non-hydrogen) atoms. The molecule has 1 aliphatic carbocycles. The molecule has 0 unspecified atom stereocenters. The summed E-state index contributed by atoms with van der Waals surface area (Å²) in [4.78, 5) is 12.9. The van der Waals surface area contributed by atoms with Gasteiger partial charge in [0.25, 0.3) is 0 Å². The van der Waals surface area contributed by atoms with Gasteiger partial charge in [-0.15, -0.1) is 0 Å². The topological polar surface area (TPSA) is 59.0 Å². The van der Waals surface area contributed by atoms with Gasteiger partial charge in [-0.25, -0.2) is 0 Å². The highest BCUT2D eigenvalue weighted by atomic mass is 35.5. The Labute approximate surface area is 159 Å². The molecule has 0 radical (unpaired) electrons. The van der Waals surface area contributed by atoms with Crippen LogP contribution in [0.15, 0.2) is 36.7 Å². The Kier molecular flexibility index (Phi) is 4.76. The van der Waals surface area contributed by atoms with E-state index in [-0.39, 0.29) is 23.2 Å². The van der Waals surface area contributed by atoms with E-state index in [9.17, 15) is 4.79 Å². The van der Waals surface area contributed by atoms with Crippen molar-refractivity contribution in [1.82, 2.24) is 20.4 Å². The van der Waals surface area contributed by atoms with Gasteiger partial charge in [0.15, 0.2) is 0 Å². The number of hydrogen-bond donors (Lipinski definition) is 2. The molecule has 4 rings (SSSR count). The Morgan fingerprint density at radius 2 is 2.12 bits per heavy atom. The molecule has 1 amide bonds. The van der Waals surface area contributed by atoms with Gasteiger partial charge >= 0.3 is 0 Å². The first-order valence-corrected chi connectivity index (χ1v) is 9.68. The van der Waals surface area contributed by atoms with Crippen LogP contribution in [0.25, 0.3) is 0 Å². The van der Waals surface area contributed by atoms with Crippen molar-refractivity contribution in [3.05, 3.63) is 52.8 Å². The van der Waals surface area contributed by atoms with E-state index in [1.807, 2.05) is 31.6 Å². The molecule has 2 aromatic rings. The average molecular weight is 373 g/mol. The molecule has 1 aliphatic heterocycles. The third-order valence-electron chi connectivity index (χ3n) is 6.07. The van der Waals surface area contributed by atoms with Gasteiger partial charge in [0.05, 0.1) is 12.1 Å². The van der Waals surface area contributed by atoms with Gasteiger partial charge in [0, 0.05) is 49.2 Å². The molecule has 1 saturated heterocycles. The van der Waals surface area contributed by atoms with E-state index < -0.39 is 0 Å². The molecule has 0 bridgehead atoms. The summed E-state index contributed by atoms with van der Waals surface area (Å²) in [6, 6.07) is 8.09. The number of amides is 1. The third kappa shape index (κ3) is 3.26. The Balaban J connectivity index is 1.43. The molecule has 5 nitrogen and oxygen atoms in total. The van der Waals surface area contributed by atoms with E-state index in [0.29, 0.717) is 6.54 Å². The van der Waals surface area contributed by atoms with Crippen LogP contribution in [0, 0.1) is 5.92 Å². The molecule has 138 valence electrons. The molecule has 1 aromatic carbocycles. The van der Waals surface area contributed by atoms with Crippen LogP contribution in [0.1, 0.15) is 36.3 Å². The van der Waals surface area contributed by atoms with Crippen molar-refractivity contribution in [1.29, 1.82) is 0 Å². The highest BCUT2D eigenvalue weighted by Gasteiger charge is 2.40. The zero-order valence-corrected chi connectivity index (χ0v) is 15.8. The maximum Gasteiger partial charge on any atom is 0.225 e. The molecule has 6 heteroatoms. The van der Waals surface area contributed by atoms with E-state index in [2.05, 4.69) is 27.9 Å². The number of rotatable bonds is 5. The highest BCUT2D eigenvalue weighted by Crippen LogP contribution is 2.43. The second kappa shape index (κ2) is 7.05. The second-order valence-corrected chi connectivity index (χ2v) is 8.11. The number of hydrogen-bond acceptors (Lipinski definition) is 3. The third-order valence-corrected chi connectivity index (χ3v) is 6.32. The second-order valence-electron chi connectivity index (χ2n) is 7.68. The van der Waals surface area contributed by atoms with Gasteiger partial charge in [-0.05, 0) is 36.1 Å². The first-order chi connectivity index (χ1) is 12.6. The van der Waals surface area contributed by atoms with Gasteiger partial charge in [-0.2, -0.15) is 5.10 Å². The largest absolute Gasteiger partial charge is 0.355 e. The van der Waals surface area contributed by atoms with Crippen molar-refractivity contribution in [2.45, 2.75) is 30.6 Å². The van der Waals surface area contributed by atoms with Crippen molar-refractivity contribution in [2.75, 3.05) is 19.6 Å². The first-order valence-electron chi connectivity index (χ1n) is 9.30. The normalized spacial score (nSPS) is 24.2. The summed E-state index contributed by atoms with van der Waals surface area (Å²) in [7, 11) is 1.91. The van der Waals surface area contributed by atoms with Crippen LogP contribution in [-0.4, -0.2) is 35.3 Å². The van der Waals surface area contributed by atoms with E-state index in [4.69, 9.17) is 11.6 Å². The van der Waals surface area contributed by atoms with Gasteiger partial charge in [0.2, 0.25) is 5.91 Å². The summed E-state index contributed by atoms with van der Waals surface area (Å²) in [6.45, 7) is 2.25. The Morgan fingerprint density at radius 3 is 2.73 bits per heavy atom. The zero-order chi connectivity index (χ0) is 18.1. The number of benzene rings is 1. The molecule has 1 aromatic heterocycles. The Morgan fingerprint density at radius 1 is 1.35 bits per heavy atom. The quantitative estimate of drug-likeness (QED) is 0.848. The summed E-state index contributed by atoms with van der Waals surface area (Å²) < 4.78 is 1.80. The predicted molar refractivity (Wildman–Crippen MR) is 102 cm³/mol. The summed E-state index contributed by atoms with van der Waals surface area (Å²) in [5.41, 5.74) is 2.48. The number of carbonyl (C=O) groups excluding carboxylic acids is 1. The molecule has 2 atom stereocenters. The number of halogens is 1. The van der Waals surface area contributed by atoms with Crippen molar-refractivity contribution in [3.8, 4) is 0 Å². The smallest absolute Gasteiger partial charge is 0.225 e. The van der Waals surface area contributed by atoms with E-state index in [0.717, 1.165) is 36.5 Å². The lowest BCUT2D eigenvalue weighted by Gasteiger charge is -2.43. The summed E-state index contributed by atoms with van der Waals surface area (Å²) in [6.07, 6.45) is 7.33. The lowest BCUT2D eigenvalue weighted by atomic mass is 9.64. The summed E-state index contributed by atoms with van der Waals surface area (Å²) in [5.74, 6) is 0.294. The maximum atomic E-state index is 12.9. The van der Waals surface area contributed by atoms with Crippen LogP contribution in [-0.2, 0) is 17.3 Å². The molecule has 2 N–H and O–H groups in total. The minimum Gasteiger partial charge on any atom is -0.355 e. The fraction of sp³-hybridized carbons (Fsp3) is 0.500. The molecular formula is C20H25ClN4O. The number of aryl methyl sites for hydroxylation is 1. The molecule has 2 aliphatic rings. The standard InChI is InChI=1S/C20H25ClN4O/c1-25-12-14(9-24-25)17-10-22-11-18(17)19(26)23-13-20(7-2-8-20)15-3-5-16(21)6-4-15/h3-6,9,12,17-18,22H,2,7-8,10-11,13H2,1H3,(H,23,26)/t17-,18+/m1/s1. The van der Waals surface area contributed by atoms with E-state index in [1.54, 1.807) is 4.68 Å². The van der Waals surface area contributed by atoms with Crippen molar-refractivity contribution >= 4 is 17.5 Å². The first kappa shape index (κ1) is 17.6. The fourth-order valence-corrected chi connectivity index (χ4v) is 4.42. The Bertz CT molecular complexity index is 781. The minimum absolute atomic E-state index is 0.0402. The minimum atomic E-state index is -0.0402. The van der Waals surface area contributed by atoms with Crippen molar-refractivity contribution in [2.24, 2.45) is 13.0 Å². The van der Waals surface area contributed by atoms with Crippen LogP contribution < -0.4 is 10.6 Å². The summed E-state index contributed by atoms with van der Waals surface area (Å²) >= 11 is 6.03. The van der Waals surface area contributed by atoms with E-state index in [1.165, 1.54) is 12.0 Å². The molecule has 0 spiro atoms. The van der Waals surface area contributed by atoms with Crippen LogP contribution in [0.4, 0.5) is 0 Å². The number of nitrogens with one attached hydrogen (secondary N) is 2. The maximum absolute atomic E-state index is 12.9. The number of nitrogens with zero attached hydrogens (tertiary/aromatic N) is 2. The van der Waals surface area contributed by atoms with Crippen molar-refractivity contribution in [3.63, 3.8) is 0 Å². The summed E-state index contributed by atoms with van der Waals surface area (Å²) in [5, 5.41) is 11.6. The Hall–Kier alpha value is -1.85. The molecular weight excluding hydrogens is 348 g/mol. The van der Waals surface area contributed by atoms with Crippen LogP contribution >= 0.6 is 11.6 Å². The van der Waals surface area contributed by atoms with Gasteiger partial charge in [-0.1, -0.05) is 30.2 Å². The predicted octanol–water partition coefficient (Wildman–Crippen LogP) is 2.61. The van der Waals surface area contributed by atoms with Gasteiger partial charge in [-0.3, -0.25) is 9.48 Å². The van der Waals surface area contributed by atoms with E-state index >= 15 is 0 Å². The van der Waals surface area contributed by atoms with Crippen LogP contribution in [0.2, 0.25) is 5.02 Å². The van der Waals surface area contributed by atoms with Crippen LogP contribution in [0.5, 0.6) is 0 Å². The van der Waals surface area contributed by atoms with Gasteiger partial charge < -0.3 is 10.6 Å². The van der Waals surface area contributed by atoms with Gasteiger partial charge in [0.1, 0.15) is 0 Å². The van der Waals surface area contributed by atoms with Crippen molar-refractivity contribution < 1.29 is 4.79 Å². The molecule has 2 heterocycles. The van der Waals surface area contributed by atoms with Crippen LogP contribution in [0.3, 0.4) is 0 Å². The fourth-order valence-electron chi connectivity index (χ4n) is 4.30. The monoisotopic (exact) mass is 372 g/mol. The molecule has 2 fully saturated rings. The zero-order valence-electron chi connectivity index (χ0n) is 15.0. The number of aromatic nitrogens is 2. The molecule has 1 saturated carbocycles. The lowest BCUT2D eigenvalue weighted by Crippen LogP contribution is -2.47. The average Bonchev–Trinajstić information content (AvgIpc) is 3.23.